The Kier molecular flexibility index (Phi) is 143. The summed E-state index contributed by atoms with van der Waals surface area (Å²) in [6, 6.07) is 0. The van der Waals surface area contributed by atoms with Crippen LogP contribution in [0.1, 0.15) is 2.85 Å². The van der Waals surface area contributed by atoms with Crippen molar-refractivity contribution in [1.82, 2.24) is 0 Å². The van der Waals surface area contributed by atoms with Crippen molar-refractivity contribution in [2.24, 2.45) is 0 Å². The zero-order chi connectivity index (χ0) is 2.00. The molecule has 5 heteroatoms. The van der Waals surface area contributed by atoms with Crippen LogP contribution in [0.2, 0.25) is 0 Å². The van der Waals surface area contributed by atoms with Crippen LogP contribution < -0.4 is 48.4 Å². The zero-order valence-electron chi connectivity index (χ0n) is 5.82. The Morgan fingerprint density at radius 3 is 1.40 bits per heavy atom. The molecule has 0 aromatic rings. The van der Waals surface area contributed by atoms with E-state index in [9.17, 15) is 0 Å². The Balaban J connectivity index is -0.000000000500. The molecule has 1 nitrogen and oxygen atoms in total. The van der Waals surface area contributed by atoms with E-state index in [0.717, 1.165) is 0 Å². The van der Waals surface area contributed by atoms with Gasteiger partial charge in [0.15, 0.2) is 0 Å². The third-order valence-electron chi connectivity index (χ3n) is 0. The molecule has 0 heterocycles. The molecule has 2 radical (unpaired) electrons. The molecule has 0 aromatic carbocycles. The van der Waals surface area contributed by atoms with Gasteiger partial charge in [0, 0.05) is 0 Å². The Hall–Kier alpha value is 2.85. The number of rotatable bonds is 0. The van der Waals surface area contributed by atoms with Crippen LogP contribution in [-0.2, 0) is 3.80 Å². The van der Waals surface area contributed by atoms with Gasteiger partial charge in [-0.1, -0.05) is 0 Å². The van der Waals surface area contributed by atoms with Crippen LogP contribution in [0, 0.1) is 0 Å². The van der Waals surface area contributed by atoms with Gasteiger partial charge in [-0.2, -0.15) is 0 Å². The molecule has 0 amide bonds. The summed E-state index contributed by atoms with van der Waals surface area (Å²) >= 11 is 0.611. The average molecular weight is 285 g/mol. The van der Waals surface area contributed by atoms with E-state index in [-0.39, 0.29) is 78.6 Å². The Morgan fingerprint density at radius 1 is 1.40 bits per heavy atom. The molecule has 0 aliphatic rings. The summed E-state index contributed by atoms with van der Waals surface area (Å²) in [5.74, 6) is 0. The summed E-state index contributed by atoms with van der Waals surface area (Å²) < 4.78 is 8.28. The van der Waals surface area contributed by atoms with Gasteiger partial charge in [0.1, 0.15) is 0 Å². The summed E-state index contributed by atoms with van der Waals surface area (Å²) in [5.41, 5.74) is 0. The van der Waals surface area contributed by atoms with Crippen LogP contribution in [0.15, 0.2) is 0 Å². The van der Waals surface area contributed by atoms with Crippen molar-refractivity contribution in [2.45, 2.75) is 0 Å². The predicted molar refractivity (Wildman–Crippen MR) is 18.6 cm³/mol. The monoisotopic (exact) mass is 286 g/mol. The van der Waals surface area contributed by atoms with E-state index in [0.29, 0.717) is 16.2 Å². The SMILES string of the molecule is [H-].[H-].[Li+].[Na+].[O]=[AlH].[PbH2]. The summed E-state index contributed by atoms with van der Waals surface area (Å²) in [7, 11) is 0. The molecule has 5 heavy (non-hydrogen) atoms. The molecular formula is H5AlLiNaOPb. The first kappa shape index (κ1) is 24.8. The van der Waals surface area contributed by atoms with Crippen molar-refractivity contribution in [1.29, 1.82) is 0 Å². The molecule has 0 unspecified atom stereocenters. The molecule has 0 bridgehead atoms. The third-order valence-corrected chi connectivity index (χ3v) is 0. The van der Waals surface area contributed by atoms with Crippen molar-refractivity contribution in [2.75, 3.05) is 0 Å². The Morgan fingerprint density at radius 2 is 1.40 bits per heavy atom. The van der Waals surface area contributed by atoms with E-state index in [4.69, 9.17) is 3.80 Å². The van der Waals surface area contributed by atoms with Crippen LogP contribution in [0.5, 0.6) is 0 Å². The minimum atomic E-state index is 0. The molecule has 0 aliphatic carbocycles. The molecule has 20 valence electrons. The van der Waals surface area contributed by atoms with Crippen LogP contribution >= 0.6 is 0 Å². The maximum atomic E-state index is 8.28. The van der Waals surface area contributed by atoms with Gasteiger partial charge in [0.25, 0.3) is 0 Å². The fourth-order valence-corrected chi connectivity index (χ4v) is 0. The predicted octanol–water partition coefficient (Wildman–Crippen LogP) is -7.45. The maximum absolute atomic E-state index is 8.28. The summed E-state index contributed by atoms with van der Waals surface area (Å²) in [4.78, 5) is 0. The quantitative estimate of drug-likeness (QED) is 0.404. The molecule has 0 spiro atoms. The standard InChI is InChI=1S/Al.Li.Na.O.Pb.5H/q;2*+1;;;;;;2*-1. The minimum absolute atomic E-state index is 0. The first-order valence-corrected chi connectivity index (χ1v) is 0.866. The number of hydrogen-bond donors (Lipinski definition) is 0. The molecule has 0 saturated carbocycles. The fourth-order valence-electron chi connectivity index (χ4n) is 0. The van der Waals surface area contributed by atoms with E-state index in [1.165, 1.54) is 0 Å². The molecule has 0 N–H and O–H groups in total. The second kappa shape index (κ2) is 28.8. The fraction of sp³-hybridized carbons (Fsp3) is 0. The molecule has 0 atom stereocenters. The van der Waals surface area contributed by atoms with Gasteiger partial charge in [-0.05, 0) is 0 Å². The van der Waals surface area contributed by atoms with E-state index >= 15 is 0 Å². The van der Waals surface area contributed by atoms with Gasteiger partial charge in [0.05, 0.1) is 0 Å². The summed E-state index contributed by atoms with van der Waals surface area (Å²) in [6.45, 7) is 0. The third kappa shape index (κ3) is 19.8. The average Bonchev–Trinajstić information content (AvgIpc) is 1.00. The molecular weight excluding hydrogens is 280 g/mol. The topological polar surface area (TPSA) is 17.1 Å². The first-order chi connectivity index (χ1) is 1.00. The molecule has 0 saturated heterocycles. The van der Waals surface area contributed by atoms with Gasteiger partial charge >= 0.3 is 95.7 Å². The van der Waals surface area contributed by atoms with Crippen LogP contribution in [-0.4, -0.2) is 43.5 Å². The van der Waals surface area contributed by atoms with Gasteiger partial charge < -0.3 is 2.85 Å². The Bertz CT molecular complexity index is 17.7. The van der Waals surface area contributed by atoms with Gasteiger partial charge in [-0.3, -0.25) is 0 Å². The van der Waals surface area contributed by atoms with Gasteiger partial charge in [-0.15, -0.1) is 0 Å². The van der Waals surface area contributed by atoms with Crippen LogP contribution in [0.4, 0.5) is 0 Å². The van der Waals surface area contributed by atoms with E-state index in [1.54, 1.807) is 0 Å². The first-order valence-electron chi connectivity index (χ1n) is 0.289. The summed E-state index contributed by atoms with van der Waals surface area (Å²) in [5, 5.41) is 0. The molecule has 0 aromatic heterocycles. The van der Waals surface area contributed by atoms with E-state index in [2.05, 4.69) is 0 Å². The van der Waals surface area contributed by atoms with E-state index < -0.39 is 0 Å². The van der Waals surface area contributed by atoms with Crippen LogP contribution in [0.3, 0.4) is 0 Å². The van der Waals surface area contributed by atoms with Gasteiger partial charge in [-0.25, -0.2) is 0 Å². The molecule has 0 rings (SSSR count). The normalized spacial score (nSPS) is 0.600. The second-order valence-corrected chi connectivity index (χ2v) is 0. The molecule has 0 aliphatic heterocycles. The molecule has 0 fully saturated rings. The second-order valence-electron chi connectivity index (χ2n) is 0. The van der Waals surface area contributed by atoms with Gasteiger partial charge in [0.2, 0.25) is 0 Å². The van der Waals surface area contributed by atoms with E-state index in [1.807, 2.05) is 0 Å². The van der Waals surface area contributed by atoms with Crippen molar-refractivity contribution in [3.63, 3.8) is 0 Å². The van der Waals surface area contributed by atoms with Crippen LogP contribution in [0.25, 0.3) is 0 Å². The van der Waals surface area contributed by atoms with Crippen molar-refractivity contribution in [3.8, 4) is 0 Å². The zero-order valence-corrected chi connectivity index (χ0v) is 12.7. The Labute approximate surface area is 96.9 Å². The van der Waals surface area contributed by atoms with Crippen molar-refractivity contribution < 1.29 is 55.1 Å². The summed E-state index contributed by atoms with van der Waals surface area (Å²) in [6.07, 6.45) is 0. The number of hydrogen-bond acceptors (Lipinski definition) is 1. The van der Waals surface area contributed by atoms with Crippen molar-refractivity contribution in [3.05, 3.63) is 0 Å². The van der Waals surface area contributed by atoms with Crippen molar-refractivity contribution >= 4 is 43.5 Å².